The van der Waals surface area contributed by atoms with Crippen LogP contribution in [-0.4, -0.2) is 140 Å². The molecule has 58 heavy (non-hydrogen) atoms. The molecule has 0 saturated carbocycles. The van der Waals surface area contributed by atoms with E-state index in [2.05, 4.69) is 19.2 Å². The second-order valence-corrected chi connectivity index (χ2v) is 16.9. The van der Waals surface area contributed by atoms with Crippen molar-refractivity contribution in [3.63, 3.8) is 0 Å². The van der Waals surface area contributed by atoms with E-state index < -0.39 is 86.8 Å². The Morgan fingerprint density at radius 1 is 0.552 bits per heavy atom. The summed E-state index contributed by atoms with van der Waals surface area (Å²) in [5.74, 6) is -0.208. The molecule has 0 aromatic rings. The molecule has 0 aliphatic carbocycles. The maximum atomic E-state index is 13.1. The van der Waals surface area contributed by atoms with Gasteiger partial charge in [0.1, 0.15) is 48.8 Å². The van der Waals surface area contributed by atoms with Gasteiger partial charge in [-0.3, -0.25) is 4.79 Å². The van der Waals surface area contributed by atoms with E-state index in [0.29, 0.717) is 12.8 Å². The second kappa shape index (κ2) is 32.7. The Hall–Kier alpha value is -1.01. The number of rotatable bonds is 35. The second-order valence-electron chi connectivity index (χ2n) is 16.9. The third-order valence-electron chi connectivity index (χ3n) is 11.8. The van der Waals surface area contributed by atoms with Gasteiger partial charge in [-0.05, 0) is 12.8 Å². The predicted octanol–water partition coefficient (Wildman–Crippen LogP) is 4.66. The lowest BCUT2D eigenvalue weighted by atomic mass is 9.97. The first-order valence-electron chi connectivity index (χ1n) is 23.3. The predicted molar refractivity (Wildman–Crippen MR) is 222 cm³/mol. The SMILES string of the molecule is CCCCCCCCCCCCCCCCCC(=O)NC(COC1OC(CO)C(OC2OC(CO)C(O)C(O)C2O)C(O)C1O)C(O)CCCCCCCCCCC. The fourth-order valence-corrected chi connectivity index (χ4v) is 7.94. The first kappa shape index (κ1) is 53.1. The lowest BCUT2D eigenvalue weighted by Crippen LogP contribution is -2.65. The number of aliphatic hydroxyl groups excluding tert-OH is 8. The summed E-state index contributed by atoms with van der Waals surface area (Å²) in [6.45, 7) is 2.81. The fourth-order valence-electron chi connectivity index (χ4n) is 7.94. The van der Waals surface area contributed by atoms with Crippen molar-refractivity contribution in [2.75, 3.05) is 19.8 Å². The highest BCUT2D eigenvalue weighted by molar-refractivity contribution is 5.76. The highest BCUT2D eigenvalue weighted by Crippen LogP contribution is 2.30. The van der Waals surface area contributed by atoms with E-state index in [4.69, 9.17) is 18.9 Å². The zero-order valence-corrected chi connectivity index (χ0v) is 36.1. The molecule has 14 heteroatoms. The Morgan fingerprint density at radius 2 is 0.983 bits per heavy atom. The number of carbonyl (C=O) groups excluding carboxylic acids is 1. The van der Waals surface area contributed by atoms with Crippen molar-refractivity contribution in [2.45, 2.75) is 254 Å². The van der Waals surface area contributed by atoms with Crippen molar-refractivity contribution in [3.8, 4) is 0 Å². The topological polar surface area (TPSA) is 228 Å². The van der Waals surface area contributed by atoms with Crippen LogP contribution in [-0.2, 0) is 23.7 Å². The average molecular weight is 836 g/mol. The Bertz CT molecular complexity index is 993. The number of carbonyl (C=O) groups is 1. The Morgan fingerprint density at radius 3 is 1.47 bits per heavy atom. The minimum Gasteiger partial charge on any atom is -0.394 e. The van der Waals surface area contributed by atoms with E-state index in [1.54, 1.807) is 0 Å². The van der Waals surface area contributed by atoms with Gasteiger partial charge in [0.25, 0.3) is 0 Å². The van der Waals surface area contributed by atoms with E-state index in [0.717, 1.165) is 51.4 Å². The highest BCUT2D eigenvalue weighted by Gasteiger charge is 2.51. The third-order valence-corrected chi connectivity index (χ3v) is 11.8. The van der Waals surface area contributed by atoms with Crippen LogP contribution in [0.5, 0.6) is 0 Å². The van der Waals surface area contributed by atoms with Gasteiger partial charge in [0.05, 0.1) is 32.0 Å². The van der Waals surface area contributed by atoms with Crippen LogP contribution in [0.15, 0.2) is 0 Å². The molecule has 2 aliphatic heterocycles. The molecule has 2 heterocycles. The summed E-state index contributed by atoms with van der Waals surface area (Å²) < 4.78 is 22.7. The van der Waals surface area contributed by atoms with E-state index in [1.807, 2.05) is 0 Å². The van der Waals surface area contributed by atoms with Crippen LogP contribution in [0.2, 0.25) is 0 Å². The summed E-state index contributed by atoms with van der Waals surface area (Å²) in [6.07, 6.45) is 12.6. The van der Waals surface area contributed by atoms with Gasteiger partial charge in [-0.1, -0.05) is 162 Å². The molecule has 2 rings (SSSR count). The van der Waals surface area contributed by atoms with Gasteiger partial charge >= 0.3 is 0 Å². The van der Waals surface area contributed by atoms with Crippen molar-refractivity contribution >= 4 is 5.91 Å². The van der Waals surface area contributed by atoms with Crippen LogP contribution in [0, 0.1) is 0 Å². The molecule has 0 aromatic carbocycles. The first-order valence-corrected chi connectivity index (χ1v) is 23.3. The maximum Gasteiger partial charge on any atom is 0.220 e. The van der Waals surface area contributed by atoms with Gasteiger partial charge in [-0.25, -0.2) is 0 Å². The number of unbranched alkanes of at least 4 members (excludes halogenated alkanes) is 22. The molecule has 2 fully saturated rings. The lowest BCUT2D eigenvalue weighted by Gasteiger charge is -2.46. The van der Waals surface area contributed by atoms with Crippen molar-refractivity contribution in [1.29, 1.82) is 0 Å². The molecule has 1 amide bonds. The van der Waals surface area contributed by atoms with Crippen molar-refractivity contribution in [1.82, 2.24) is 5.32 Å². The monoisotopic (exact) mass is 836 g/mol. The number of hydrogen-bond acceptors (Lipinski definition) is 13. The zero-order chi connectivity index (χ0) is 42.5. The molecule has 12 atom stereocenters. The Balaban J connectivity index is 1.85. The third kappa shape index (κ3) is 20.7. The number of aliphatic hydroxyl groups is 8. The number of ether oxygens (including phenoxy) is 4. The summed E-state index contributed by atoms with van der Waals surface area (Å²) >= 11 is 0. The van der Waals surface area contributed by atoms with Gasteiger partial charge in [0.2, 0.25) is 5.91 Å². The molecule has 344 valence electrons. The number of hydrogen-bond donors (Lipinski definition) is 9. The summed E-state index contributed by atoms with van der Waals surface area (Å²) in [7, 11) is 0. The largest absolute Gasteiger partial charge is 0.394 e. The van der Waals surface area contributed by atoms with Crippen LogP contribution in [0.1, 0.15) is 181 Å². The molecular formula is C44H85NO13. The molecule has 2 saturated heterocycles. The minimum absolute atomic E-state index is 0.208. The zero-order valence-electron chi connectivity index (χ0n) is 36.1. The fraction of sp³-hybridized carbons (Fsp3) is 0.977. The van der Waals surface area contributed by atoms with E-state index in [-0.39, 0.29) is 12.5 Å². The first-order chi connectivity index (χ1) is 28.1. The van der Waals surface area contributed by atoms with Gasteiger partial charge in [-0.15, -0.1) is 0 Å². The molecule has 0 bridgehead atoms. The van der Waals surface area contributed by atoms with E-state index >= 15 is 0 Å². The van der Waals surface area contributed by atoms with Gasteiger partial charge < -0.3 is 65.1 Å². The van der Waals surface area contributed by atoms with Crippen LogP contribution >= 0.6 is 0 Å². The maximum absolute atomic E-state index is 13.1. The van der Waals surface area contributed by atoms with Crippen LogP contribution in [0.3, 0.4) is 0 Å². The molecule has 14 nitrogen and oxygen atoms in total. The van der Waals surface area contributed by atoms with E-state index in [1.165, 1.54) is 103 Å². The number of amides is 1. The summed E-state index contributed by atoms with van der Waals surface area (Å²) in [5, 5.41) is 86.5. The molecule has 2 aliphatic rings. The molecule has 0 radical (unpaired) electrons. The van der Waals surface area contributed by atoms with Crippen LogP contribution in [0.4, 0.5) is 0 Å². The minimum atomic E-state index is -1.78. The van der Waals surface area contributed by atoms with Crippen LogP contribution in [0.25, 0.3) is 0 Å². The quantitative estimate of drug-likeness (QED) is 0.0397. The lowest BCUT2D eigenvalue weighted by molar-refractivity contribution is -0.359. The van der Waals surface area contributed by atoms with Gasteiger partial charge in [0.15, 0.2) is 12.6 Å². The number of nitrogens with one attached hydrogen (secondary N) is 1. The van der Waals surface area contributed by atoms with Gasteiger partial charge in [-0.2, -0.15) is 0 Å². The normalized spacial score (nSPS) is 28.7. The van der Waals surface area contributed by atoms with Crippen molar-refractivity contribution < 1.29 is 64.6 Å². The summed E-state index contributed by atoms with van der Waals surface area (Å²) in [4.78, 5) is 13.1. The average Bonchev–Trinajstić information content (AvgIpc) is 3.22. The van der Waals surface area contributed by atoms with E-state index in [9.17, 15) is 45.6 Å². The Labute approximate surface area is 349 Å². The molecule has 9 N–H and O–H groups in total. The highest BCUT2D eigenvalue weighted by atomic mass is 16.7. The molecular weight excluding hydrogens is 750 g/mol. The van der Waals surface area contributed by atoms with Crippen molar-refractivity contribution in [2.24, 2.45) is 0 Å². The molecule has 0 spiro atoms. The molecule has 12 unspecified atom stereocenters. The Kier molecular flexibility index (Phi) is 29.9. The smallest absolute Gasteiger partial charge is 0.220 e. The van der Waals surface area contributed by atoms with Gasteiger partial charge in [0, 0.05) is 6.42 Å². The van der Waals surface area contributed by atoms with Crippen LogP contribution < -0.4 is 5.32 Å². The van der Waals surface area contributed by atoms with Crippen molar-refractivity contribution in [3.05, 3.63) is 0 Å². The molecule has 0 aromatic heterocycles. The summed E-state index contributed by atoms with van der Waals surface area (Å²) in [5.41, 5.74) is 0. The standard InChI is InChI=1S/C44H85NO13/c1-3-5-7-9-11-13-14-15-16-17-18-20-22-24-26-28-36(49)45-32(33(48)27-25-23-21-19-12-10-8-6-4-2)31-55-43-41(54)39(52)42(35(30-47)57-43)58-44-40(53)38(51)37(50)34(29-46)56-44/h32-35,37-44,46-48,50-54H,3-31H2,1-2H3,(H,45,49). The summed E-state index contributed by atoms with van der Waals surface area (Å²) in [6, 6.07) is -0.818.